The molecule has 1 fully saturated rings. The summed E-state index contributed by atoms with van der Waals surface area (Å²) in [6.07, 6.45) is 6.59. The summed E-state index contributed by atoms with van der Waals surface area (Å²) < 4.78 is 0. The van der Waals surface area contributed by atoms with Crippen LogP contribution in [-0.2, 0) is 4.79 Å². The smallest absolute Gasteiger partial charge is 0.310 e. The van der Waals surface area contributed by atoms with Crippen LogP contribution in [0.1, 0.15) is 65.2 Å². The molecule has 17 heavy (non-hydrogen) atoms. The number of carboxylic acids is 1. The van der Waals surface area contributed by atoms with Crippen LogP contribution in [0.4, 0.5) is 0 Å². The van der Waals surface area contributed by atoms with Crippen molar-refractivity contribution in [3.05, 3.63) is 0 Å². The average Bonchev–Trinajstić information content (AvgIpc) is 2.32. The fraction of sp³-hybridized carbons (Fsp3) is 0.929. The third-order valence-corrected chi connectivity index (χ3v) is 4.47. The molecule has 1 saturated carbocycles. The minimum atomic E-state index is -0.709. The second-order valence-corrected chi connectivity index (χ2v) is 5.38. The predicted octanol–water partition coefficient (Wildman–Crippen LogP) is 3.21. The van der Waals surface area contributed by atoms with E-state index in [1.807, 2.05) is 6.92 Å². The van der Waals surface area contributed by atoms with Crippen molar-refractivity contribution < 1.29 is 15.0 Å². The molecular formula is C14H26O3. The van der Waals surface area contributed by atoms with Crippen LogP contribution in [-0.4, -0.2) is 22.3 Å². The standard InChI is InChI=1S/C14H26O3/c1-3-5-10-14(4-2,13(16)17)11-8-6-7-9-12(11)15/h11-12,15H,3-10H2,1-2H3,(H,16,17). The molecule has 0 radical (unpaired) electrons. The number of carboxylic acid groups (broad SMARTS) is 1. The fourth-order valence-corrected chi connectivity index (χ4v) is 3.29. The maximum atomic E-state index is 11.7. The summed E-state index contributed by atoms with van der Waals surface area (Å²) >= 11 is 0. The number of unbranched alkanes of at least 4 members (excludes halogenated alkanes) is 1. The van der Waals surface area contributed by atoms with Gasteiger partial charge >= 0.3 is 5.97 Å². The van der Waals surface area contributed by atoms with Gasteiger partial charge in [0, 0.05) is 5.92 Å². The fourth-order valence-electron chi connectivity index (χ4n) is 3.29. The average molecular weight is 242 g/mol. The Labute approximate surface area is 104 Å². The zero-order valence-corrected chi connectivity index (χ0v) is 11.1. The molecule has 0 bridgehead atoms. The highest BCUT2D eigenvalue weighted by Gasteiger charge is 2.47. The van der Waals surface area contributed by atoms with Crippen LogP contribution < -0.4 is 0 Å². The molecule has 0 aromatic carbocycles. The van der Waals surface area contributed by atoms with Crippen LogP contribution in [0, 0.1) is 11.3 Å². The van der Waals surface area contributed by atoms with E-state index >= 15 is 0 Å². The van der Waals surface area contributed by atoms with Crippen molar-refractivity contribution in [3.8, 4) is 0 Å². The van der Waals surface area contributed by atoms with E-state index in [1.54, 1.807) is 0 Å². The maximum absolute atomic E-state index is 11.7. The van der Waals surface area contributed by atoms with Crippen molar-refractivity contribution >= 4 is 5.97 Å². The largest absolute Gasteiger partial charge is 0.481 e. The molecular weight excluding hydrogens is 216 g/mol. The topological polar surface area (TPSA) is 57.5 Å². The summed E-state index contributed by atoms with van der Waals surface area (Å²) in [4.78, 5) is 11.7. The summed E-state index contributed by atoms with van der Waals surface area (Å²) in [5.41, 5.74) is -0.699. The van der Waals surface area contributed by atoms with Crippen molar-refractivity contribution in [1.29, 1.82) is 0 Å². The Hall–Kier alpha value is -0.570. The Kier molecular flexibility index (Phi) is 5.44. The molecule has 1 aliphatic carbocycles. The van der Waals surface area contributed by atoms with Gasteiger partial charge in [0.25, 0.3) is 0 Å². The summed E-state index contributed by atoms with van der Waals surface area (Å²) in [5.74, 6) is -0.760. The Morgan fingerprint density at radius 3 is 2.41 bits per heavy atom. The highest BCUT2D eigenvalue weighted by molar-refractivity contribution is 5.75. The second kappa shape index (κ2) is 6.39. The number of aliphatic hydroxyl groups excluding tert-OH is 1. The molecule has 0 aromatic rings. The third-order valence-electron chi connectivity index (χ3n) is 4.47. The second-order valence-electron chi connectivity index (χ2n) is 5.38. The van der Waals surface area contributed by atoms with Gasteiger partial charge in [0.1, 0.15) is 0 Å². The van der Waals surface area contributed by atoms with Crippen LogP contribution in [0.5, 0.6) is 0 Å². The Morgan fingerprint density at radius 2 is 1.94 bits per heavy atom. The molecule has 3 unspecified atom stereocenters. The van der Waals surface area contributed by atoms with Gasteiger partial charge in [-0.05, 0) is 25.7 Å². The zero-order valence-electron chi connectivity index (χ0n) is 11.1. The molecule has 0 amide bonds. The molecule has 0 aliphatic heterocycles. The molecule has 3 heteroatoms. The SMILES string of the molecule is CCCCC(CC)(C(=O)O)C1CCCCC1O. The molecule has 0 saturated heterocycles. The van der Waals surface area contributed by atoms with Gasteiger partial charge in [0.05, 0.1) is 11.5 Å². The van der Waals surface area contributed by atoms with Gasteiger partial charge in [-0.2, -0.15) is 0 Å². The molecule has 2 N–H and O–H groups in total. The Bertz CT molecular complexity index is 252. The van der Waals surface area contributed by atoms with Crippen LogP contribution in [0.3, 0.4) is 0 Å². The normalized spacial score (nSPS) is 28.6. The minimum absolute atomic E-state index is 0.0506. The maximum Gasteiger partial charge on any atom is 0.310 e. The van der Waals surface area contributed by atoms with Gasteiger partial charge in [-0.3, -0.25) is 4.79 Å². The van der Waals surface area contributed by atoms with E-state index in [-0.39, 0.29) is 5.92 Å². The Balaban J connectivity index is 2.89. The van der Waals surface area contributed by atoms with Gasteiger partial charge in [0.2, 0.25) is 0 Å². The molecule has 0 aromatic heterocycles. The third kappa shape index (κ3) is 3.01. The first-order valence-corrected chi connectivity index (χ1v) is 7.00. The summed E-state index contributed by atoms with van der Waals surface area (Å²) in [6, 6.07) is 0. The molecule has 0 heterocycles. The molecule has 3 atom stereocenters. The van der Waals surface area contributed by atoms with Gasteiger partial charge in [-0.25, -0.2) is 0 Å². The van der Waals surface area contributed by atoms with Crippen LogP contribution >= 0.6 is 0 Å². The van der Waals surface area contributed by atoms with Crippen LogP contribution in [0.25, 0.3) is 0 Å². The lowest BCUT2D eigenvalue weighted by Gasteiger charge is -2.41. The zero-order chi connectivity index (χ0) is 12.9. The van der Waals surface area contributed by atoms with Crippen molar-refractivity contribution in [2.75, 3.05) is 0 Å². The number of carbonyl (C=O) groups is 1. The molecule has 0 spiro atoms. The predicted molar refractivity (Wildman–Crippen MR) is 67.8 cm³/mol. The quantitative estimate of drug-likeness (QED) is 0.752. The van der Waals surface area contributed by atoms with Gasteiger partial charge in [-0.15, -0.1) is 0 Å². The first kappa shape index (κ1) is 14.5. The summed E-state index contributed by atoms with van der Waals surface area (Å²) in [6.45, 7) is 4.03. The highest BCUT2D eigenvalue weighted by atomic mass is 16.4. The number of hydrogen-bond acceptors (Lipinski definition) is 2. The molecule has 3 nitrogen and oxygen atoms in total. The molecule has 1 aliphatic rings. The van der Waals surface area contributed by atoms with E-state index < -0.39 is 17.5 Å². The van der Waals surface area contributed by atoms with Crippen molar-refractivity contribution in [3.63, 3.8) is 0 Å². The van der Waals surface area contributed by atoms with Crippen LogP contribution in [0.2, 0.25) is 0 Å². The number of hydrogen-bond donors (Lipinski definition) is 2. The van der Waals surface area contributed by atoms with E-state index in [1.165, 1.54) is 0 Å². The number of aliphatic hydroxyl groups is 1. The first-order chi connectivity index (χ1) is 8.08. The number of aliphatic carboxylic acids is 1. The van der Waals surface area contributed by atoms with Gasteiger partial charge in [-0.1, -0.05) is 39.5 Å². The summed E-state index contributed by atoms with van der Waals surface area (Å²) in [7, 11) is 0. The van der Waals surface area contributed by atoms with E-state index in [2.05, 4.69) is 6.92 Å². The highest BCUT2D eigenvalue weighted by Crippen LogP contribution is 2.45. The van der Waals surface area contributed by atoms with E-state index in [9.17, 15) is 15.0 Å². The Morgan fingerprint density at radius 1 is 1.29 bits per heavy atom. The lowest BCUT2D eigenvalue weighted by molar-refractivity contribution is -0.159. The van der Waals surface area contributed by atoms with Gasteiger partial charge in [0.15, 0.2) is 0 Å². The minimum Gasteiger partial charge on any atom is -0.481 e. The summed E-state index contributed by atoms with van der Waals surface area (Å²) in [5, 5.41) is 19.7. The van der Waals surface area contributed by atoms with Gasteiger partial charge < -0.3 is 10.2 Å². The van der Waals surface area contributed by atoms with E-state index in [4.69, 9.17) is 0 Å². The molecule has 1 rings (SSSR count). The first-order valence-electron chi connectivity index (χ1n) is 7.00. The van der Waals surface area contributed by atoms with Crippen LogP contribution in [0.15, 0.2) is 0 Å². The molecule has 100 valence electrons. The monoisotopic (exact) mass is 242 g/mol. The van der Waals surface area contributed by atoms with Crippen molar-refractivity contribution in [2.24, 2.45) is 11.3 Å². The number of rotatable bonds is 6. The van der Waals surface area contributed by atoms with Crippen molar-refractivity contribution in [1.82, 2.24) is 0 Å². The van der Waals surface area contributed by atoms with E-state index in [0.717, 1.165) is 38.5 Å². The van der Waals surface area contributed by atoms with Crippen molar-refractivity contribution in [2.45, 2.75) is 71.3 Å². The lowest BCUT2D eigenvalue weighted by atomic mass is 9.63. The lowest BCUT2D eigenvalue weighted by Crippen LogP contribution is -2.45. The van der Waals surface area contributed by atoms with E-state index in [0.29, 0.717) is 12.8 Å².